The third kappa shape index (κ3) is 13.5. The Hall–Kier alpha value is -5.14. The van der Waals surface area contributed by atoms with Gasteiger partial charge in [0.1, 0.15) is 5.75 Å². The van der Waals surface area contributed by atoms with Crippen LogP contribution in [0.4, 0.5) is 11.4 Å². The summed E-state index contributed by atoms with van der Waals surface area (Å²) >= 11 is 0. The number of unbranched alkanes of at least 4 members (excludes halogenated alkanes) is 3. The van der Waals surface area contributed by atoms with E-state index in [1.807, 2.05) is 0 Å². The van der Waals surface area contributed by atoms with Crippen molar-refractivity contribution in [2.45, 2.75) is 86.8 Å². The first-order valence-corrected chi connectivity index (χ1v) is 27.2. The van der Waals surface area contributed by atoms with Gasteiger partial charge in [-0.15, -0.1) is 0 Å². The van der Waals surface area contributed by atoms with Crippen LogP contribution in [0.5, 0.6) is 0 Å². The summed E-state index contributed by atoms with van der Waals surface area (Å²) in [6.45, 7) is 7.36. The molecule has 2 aromatic carbocycles. The molecule has 3 aliphatic heterocycles. The maximum absolute atomic E-state index is 13.1. The van der Waals surface area contributed by atoms with Crippen LogP contribution in [0, 0.1) is 0 Å². The standard InChI is InChI=1S/C44H54N4O15S4/c1-43(2)34-29-32(66(58,59)60)16-18-36(34)46(25-27-64(52,53)54)38(43)13-9-11-31(15-20-40(49)45-23-7-5-6-8-24-48-41(50)21-22-42(48)51)12-10-14-39-44(3,4)35-30-33(67(61,62)63)17-19-37(35)47(39)26-28-65(55,56)57/h9-14,16-19,21-22,29-30H,5-8,15,20,23-28H2,1-4H3,(H4-,45,49,52,53,54,55,56,57,58,59,60,61,62,63)/p+1. The van der Waals surface area contributed by atoms with E-state index in [9.17, 15) is 66.3 Å². The molecule has 5 N–H and O–H groups in total. The molecule has 0 spiro atoms. The monoisotopic (exact) mass is 1010 g/mol. The zero-order valence-corrected chi connectivity index (χ0v) is 40.6. The molecular weight excluding hydrogens is 953 g/mol. The molecule has 3 heterocycles. The lowest BCUT2D eigenvalue weighted by Crippen LogP contribution is -2.30. The minimum Gasteiger partial charge on any atom is -0.356 e. The van der Waals surface area contributed by atoms with Gasteiger partial charge in [0.2, 0.25) is 11.6 Å². The first-order chi connectivity index (χ1) is 31.0. The molecule has 0 fully saturated rings. The molecule has 19 nitrogen and oxygen atoms in total. The van der Waals surface area contributed by atoms with Crippen LogP contribution in [0.25, 0.3) is 0 Å². The van der Waals surface area contributed by atoms with Crippen molar-refractivity contribution in [3.05, 3.63) is 107 Å². The molecule has 3 aliphatic rings. The molecule has 0 radical (unpaired) electrons. The normalized spacial score (nSPS) is 18.0. The highest BCUT2D eigenvalue weighted by molar-refractivity contribution is 7.86. The van der Waals surface area contributed by atoms with Crippen molar-refractivity contribution in [2.24, 2.45) is 0 Å². The van der Waals surface area contributed by atoms with Gasteiger partial charge in [-0.1, -0.05) is 51.0 Å². The molecule has 0 atom stereocenters. The molecular formula is C44H55N4O15S4+. The van der Waals surface area contributed by atoms with Crippen LogP contribution in [0.3, 0.4) is 0 Å². The Balaban J connectivity index is 1.43. The van der Waals surface area contributed by atoms with Crippen molar-refractivity contribution in [1.82, 2.24) is 10.2 Å². The lowest BCUT2D eigenvalue weighted by Gasteiger charge is -2.26. The van der Waals surface area contributed by atoms with Crippen molar-refractivity contribution >= 4 is 75.3 Å². The summed E-state index contributed by atoms with van der Waals surface area (Å²) in [6, 6.07) is 7.82. The second-order valence-corrected chi connectivity index (χ2v) is 23.2. The van der Waals surface area contributed by atoms with Gasteiger partial charge in [-0.25, -0.2) is 0 Å². The number of rotatable bonds is 22. The average molecular weight is 1010 g/mol. The summed E-state index contributed by atoms with van der Waals surface area (Å²) in [4.78, 5) is 38.7. The van der Waals surface area contributed by atoms with E-state index in [0.29, 0.717) is 65.4 Å². The number of allylic oxidation sites excluding steroid dienone is 8. The van der Waals surface area contributed by atoms with Crippen LogP contribution in [0.1, 0.15) is 77.3 Å². The van der Waals surface area contributed by atoms with Gasteiger partial charge in [-0.2, -0.15) is 38.2 Å². The second-order valence-electron chi connectivity index (χ2n) is 17.3. The van der Waals surface area contributed by atoms with Crippen LogP contribution in [0.15, 0.2) is 106 Å². The van der Waals surface area contributed by atoms with Crippen molar-refractivity contribution in [1.29, 1.82) is 0 Å². The van der Waals surface area contributed by atoms with Gasteiger partial charge in [0, 0.05) is 72.7 Å². The van der Waals surface area contributed by atoms with Gasteiger partial charge in [0.05, 0.1) is 21.0 Å². The third-order valence-electron chi connectivity index (χ3n) is 11.8. The number of carbonyl (C=O) groups excluding carboxylic acids is 3. The van der Waals surface area contributed by atoms with Gasteiger partial charge < -0.3 is 10.2 Å². The van der Waals surface area contributed by atoms with E-state index in [1.54, 1.807) is 73.6 Å². The molecule has 5 rings (SSSR count). The quantitative estimate of drug-likeness (QED) is 0.0358. The molecule has 0 saturated carbocycles. The summed E-state index contributed by atoms with van der Waals surface area (Å²) in [5.41, 5.74) is 1.53. The lowest BCUT2D eigenvalue weighted by molar-refractivity contribution is -0.432. The number of imide groups is 1. The van der Waals surface area contributed by atoms with E-state index >= 15 is 0 Å². The highest BCUT2D eigenvalue weighted by Crippen LogP contribution is 2.48. The minimum absolute atomic E-state index is 0.0367. The molecule has 3 amide bonds. The Morgan fingerprint density at radius 1 is 0.701 bits per heavy atom. The number of fused-ring (bicyclic) bond motifs is 2. The zero-order chi connectivity index (χ0) is 49.8. The maximum Gasteiger partial charge on any atom is 0.294 e. The van der Waals surface area contributed by atoms with Crippen LogP contribution < -0.4 is 10.2 Å². The molecule has 0 aromatic heterocycles. The van der Waals surface area contributed by atoms with E-state index in [-0.39, 0.29) is 53.4 Å². The van der Waals surface area contributed by atoms with E-state index in [1.165, 1.54) is 53.5 Å². The van der Waals surface area contributed by atoms with Gasteiger partial charge >= 0.3 is 0 Å². The minimum atomic E-state index is -4.60. The SMILES string of the molecule is CC1(C)C(/C=C/C=C(/C=C/C=C2/N(CCS(=O)(=O)O)c3ccc(S(=O)(=O)O)cc3C2(C)C)CCC(=O)NCCCCCCN2C(=O)C=CC2=O)=[N+](CCS(=O)(=O)O)c2ccc(S(=O)(=O)O)cc21. The zero-order valence-electron chi connectivity index (χ0n) is 37.3. The molecule has 0 saturated heterocycles. The van der Waals surface area contributed by atoms with Crippen molar-refractivity contribution < 1.29 is 70.8 Å². The fourth-order valence-electron chi connectivity index (χ4n) is 8.25. The number of benzene rings is 2. The fraction of sp³-hybridized carbons (Fsp3) is 0.409. The van der Waals surface area contributed by atoms with E-state index in [4.69, 9.17) is 0 Å². The Kier molecular flexibility index (Phi) is 16.3. The molecule has 0 unspecified atom stereocenters. The van der Waals surface area contributed by atoms with Gasteiger partial charge in [0.25, 0.3) is 52.3 Å². The maximum atomic E-state index is 13.1. The fourth-order valence-corrected chi connectivity index (χ4v) is 10.1. The van der Waals surface area contributed by atoms with Gasteiger partial charge in [-0.3, -0.25) is 37.5 Å². The largest absolute Gasteiger partial charge is 0.356 e. The molecule has 2 aromatic rings. The summed E-state index contributed by atoms with van der Waals surface area (Å²) in [5.74, 6) is -2.26. The average Bonchev–Trinajstić information content (AvgIpc) is 3.73. The first-order valence-electron chi connectivity index (χ1n) is 21.1. The summed E-state index contributed by atoms with van der Waals surface area (Å²) < 4.78 is 136. The van der Waals surface area contributed by atoms with Crippen molar-refractivity contribution in [3.8, 4) is 0 Å². The molecule has 364 valence electrons. The Morgan fingerprint density at radius 3 is 1.91 bits per heavy atom. The van der Waals surface area contributed by atoms with Gasteiger partial charge in [0.15, 0.2) is 12.3 Å². The second kappa shape index (κ2) is 20.6. The molecule has 0 bridgehead atoms. The number of nitrogens with zero attached hydrogens (tertiary/aromatic N) is 3. The topological polar surface area (TPSA) is 290 Å². The highest BCUT2D eigenvalue weighted by atomic mass is 32.2. The smallest absolute Gasteiger partial charge is 0.294 e. The van der Waals surface area contributed by atoms with Crippen LogP contribution in [0.2, 0.25) is 0 Å². The Morgan fingerprint density at radius 2 is 1.30 bits per heavy atom. The number of nitrogens with one attached hydrogen (secondary N) is 1. The Labute approximate surface area is 391 Å². The van der Waals surface area contributed by atoms with Crippen molar-refractivity contribution in [3.63, 3.8) is 0 Å². The number of hydrogen-bond donors (Lipinski definition) is 5. The highest BCUT2D eigenvalue weighted by Gasteiger charge is 2.45. The first kappa shape index (κ1) is 52.8. The molecule has 23 heteroatoms. The van der Waals surface area contributed by atoms with Crippen LogP contribution in [-0.4, -0.2) is 122 Å². The molecule has 67 heavy (non-hydrogen) atoms. The number of carbonyl (C=O) groups is 3. The number of amides is 3. The van der Waals surface area contributed by atoms with E-state index in [2.05, 4.69) is 5.32 Å². The lowest BCUT2D eigenvalue weighted by atomic mass is 9.81. The van der Waals surface area contributed by atoms with Crippen LogP contribution in [-0.2, 0) is 65.7 Å². The summed E-state index contributed by atoms with van der Waals surface area (Å²) in [7, 11) is -18.1. The number of anilines is 1. The summed E-state index contributed by atoms with van der Waals surface area (Å²) in [6.07, 6.45) is 15.5. The van der Waals surface area contributed by atoms with Crippen molar-refractivity contribution in [2.75, 3.05) is 42.6 Å². The Bertz CT molecular complexity index is 2950. The van der Waals surface area contributed by atoms with E-state index in [0.717, 1.165) is 12.8 Å². The molecule has 0 aliphatic carbocycles. The summed E-state index contributed by atoms with van der Waals surface area (Å²) in [5, 5.41) is 2.90. The van der Waals surface area contributed by atoms with E-state index < -0.39 is 62.8 Å². The predicted octanol–water partition coefficient (Wildman–Crippen LogP) is 4.43. The number of hydrogen-bond acceptors (Lipinski definition) is 12. The predicted molar refractivity (Wildman–Crippen MR) is 250 cm³/mol. The van der Waals surface area contributed by atoms with Crippen LogP contribution >= 0.6 is 0 Å². The van der Waals surface area contributed by atoms with Gasteiger partial charge in [-0.05, 0) is 80.7 Å². The third-order valence-corrected chi connectivity index (χ3v) is 14.9.